The maximum Gasteiger partial charge on any atom is 0.137 e. The minimum Gasteiger partial charge on any atom is -0.488 e. The monoisotopic (exact) mass is 242 g/mol. The van der Waals surface area contributed by atoms with Crippen LogP contribution in [0.4, 0.5) is 5.69 Å². The normalized spacial score (nSPS) is 11.2. The van der Waals surface area contributed by atoms with Gasteiger partial charge in [-0.15, -0.1) is 0 Å². The van der Waals surface area contributed by atoms with E-state index in [1.54, 1.807) is 0 Å². The van der Waals surface area contributed by atoms with Crippen LogP contribution in [-0.4, -0.2) is 27.2 Å². The van der Waals surface area contributed by atoms with Gasteiger partial charge in [0.25, 0.3) is 0 Å². The van der Waals surface area contributed by atoms with Gasteiger partial charge < -0.3 is 4.74 Å². The molecule has 0 aliphatic heterocycles. The average molecular weight is 242 g/mol. The van der Waals surface area contributed by atoms with Gasteiger partial charge in [-0.05, 0) is 24.3 Å². The molecule has 0 N–H and O–H groups in total. The summed E-state index contributed by atoms with van der Waals surface area (Å²) < 4.78 is 6.57. The third kappa shape index (κ3) is 3.34. The smallest absolute Gasteiger partial charge is 0.137 e. The summed E-state index contributed by atoms with van der Waals surface area (Å²) in [5.41, 5.74) is 1.30. The Morgan fingerprint density at radius 3 is 2.00 bits per heavy atom. The zero-order valence-corrected chi connectivity index (χ0v) is 11.0. The number of rotatable bonds is 5. The Labute approximate surface area is 109 Å². The lowest BCUT2D eigenvalue weighted by molar-refractivity contribution is 0.260. The second kappa shape index (κ2) is 5.69. The van der Waals surface area contributed by atoms with Gasteiger partial charge in [0.15, 0.2) is 0 Å². The number of nitrogens with zero attached hydrogens (tertiary/aromatic N) is 1. The third-order valence-corrected chi connectivity index (χ3v) is 3.12. The zero-order valence-electron chi connectivity index (χ0n) is 11.0. The van der Waals surface area contributed by atoms with Crippen LogP contribution in [0.25, 0.3) is 0 Å². The number of quaternary nitrogens is 1. The molecule has 0 saturated heterocycles. The van der Waals surface area contributed by atoms with Gasteiger partial charge in [-0.25, -0.2) is 0 Å². The summed E-state index contributed by atoms with van der Waals surface area (Å²) in [6.45, 7) is 1.66. The van der Waals surface area contributed by atoms with E-state index in [1.165, 1.54) is 5.69 Å². The molecule has 94 valence electrons. The Morgan fingerprint density at radius 1 is 0.833 bits per heavy atom. The van der Waals surface area contributed by atoms with Crippen LogP contribution in [0, 0.1) is 0 Å². The predicted molar refractivity (Wildman–Crippen MR) is 76.9 cm³/mol. The second-order valence-corrected chi connectivity index (χ2v) is 4.91. The molecule has 0 atom stereocenters. The van der Waals surface area contributed by atoms with Crippen molar-refractivity contribution < 1.29 is 4.74 Å². The van der Waals surface area contributed by atoms with Crippen molar-refractivity contribution in [3.8, 4) is 5.75 Å². The van der Waals surface area contributed by atoms with Crippen LogP contribution in [0.1, 0.15) is 0 Å². The highest BCUT2D eigenvalue weighted by atomic mass is 16.5. The number of benzene rings is 2. The van der Waals surface area contributed by atoms with Gasteiger partial charge >= 0.3 is 0 Å². The van der Waals surface area contributed by atoms with Crippen molar-refractivity contribution in [1.82, 2.24) is 4.48 Å². The fourth-order valence-corrected chi connectivity index (χ4v) is 1.87. The van der Waals surface area contributed by atoms with Crippen molar-refractivity contribution in [3.63, 3.8) is 0 Å². The van der Waals surface area contributed by atoms with Crippen molar-refractivity contribution in [2.75, 3.05) is 27.2 Å². The maximum atomic E-state index is 5.75. The van der Waals surface area contributed by atoms with Gasteiger partial charge in [0.05, 0.1) is 14.1 Å². The maximum absolute atomic E-state index is 5.75. The predicted octanol–water partition coefficient (Wildman–Crippen LogP) is 3.33. The number of para-hydroxylation sites is 2. The van der Waals surface area contributed by atoms with E-state index in [1.807, 2.05) is 36.4 Å². The summed E-state index contributed by atoms with van der Waals surface area (Å²) in [6.07, 6.45) is 0. The Balaban J connectivity index is 1.90. The van der Waals surface area contributed by atoms with E-state index in [9.17, 15) is 0 Å². The van der Waals surface area contributed by atoms with E-state index in [-0.39, 0.29) is 0 Å². The molecule has 2 aromatic rings. The lowest BCUT2D eigenvalue weighted by atomic mass is 10.2. The summed E-state index contributed by atoms with van der Waals surface area (Å²) >= 11 is 0. The van der Waals surface area contributed by atoms with Crippen molar-refractivity contribution in [1.29, 1.82) is 0 Å². The van der Waals surface area contributed by atoms with Crippen LogP contribution < -0.4 is 9.22 Å². The highest BCUT2D eigenvalue weighted by Crippen LogP contribution is 2.17. The molecule has 2 aromatic carbocycles. The molecular formula is C16H20NO+. The average Bonchev–Trinajstić information content (AvgIpc) is 2.41. The van der Waals surface area contributed by atoms with Crippen molar-refractivity contribution in [3.05, 3.63) is 60.7 Å². The molecule has 0 heterocycles. The van der Waals surface area contributed by atoms with Crippen LogP contribution in [0.15, 0.2) is 60.7 Å². The van der Waals surface area contributed by atoms with Gasteiger partial charge in [0, 0.05) is 0 Å². The summed E-state index contributed by atoms with van der Waals surface area (Å²) in [7, 11) is 4.40. The van der Waals surface area contributed by atoms with Crippen molar-refractivity contribution in [2.24, 2.45) is 0 Å². The number of likely N-dealkylation sites (N-methyl/N-ethyl adjacent to an activating group) is 1. The summed E-state index contributed by atoms with van der Waals surface area (Å²) in [5.74, 6) is 0.936. The van der Waals surface area contributed by atoms with E-state index in [2.05, 4.69) is 38.4 Å². The fraction of sp³-hybridized carbons (Fsp3) is 0.250. The molecule has 2 rings (SSSR count). The fourth-order valence-electron chi connectivity index (χ4n) is 1.87. The Morgan fingerprint density at radius 2 is 1.39 bits per heavy atom. The number of ether oxygens (including phenoxy) is 1. The molecule has 2 heteroatoms. The molecule has 18 heavy (non-hydrogen) atoms. The van der Waals surface area contributed by atoms with E-state index < -0.39 is 0 Å². The molecule has 0 aliphatic carbocycles. The molecule has 0 saturated carbocycles. The topological polar surface area (TPSA) is 9.23 Å². The number of hydrogen-bond donors (Lipinski definition) is 0. The van der Waals surface area contributed by atoms with E-state index in [0.29, 0.717) is 6.61 Å². The van der Waals surface area contributed by atoms with Crippen molar-refractivity contribution >= 4 is 5.69 Å². The minimum absolute atomic E-state index is 0.714. The molecule has 0 radical (unpaired) electrons. The van der Waals surface area contributed by atoms with Gasteiger partial charge in [-0.2, -0.15) is 0 Å². The zero-order chi connectivity index (χ0) is 12.8. The molecular weight excluding hydrogens is 222 g/mol. The molecule has 0 aromatic heterocycles. The highest BCUT2D eigenvalue weighted by Gasteiger charge is 2.18. The first-order chi connectivity index (χ1) is 8.68. The third-order valence-electron chi connectivity index (χ3n) is 3.12. The Kier molecular flexibility index (Phi) is 4.00. The quantitative estimate of drug-likeness (QED) is 0.731. The SMILES string of the molecule is C[N+](C)(CCOc1ccccc1)c1ccccc1. The van der Waals surface area contributed by atoms with Crippen LogP contribution >= 0.6 is 0 Å². The van der Waals surface area contributed by atoms with Gasteiger partial charge in [0.1, 0.15) is 24.6 Å². The molecule has 0 aliphatic rings. The largest absolute Gasteiger partial charge is 0.488 e. The van der Waals surface area contributed by atoms with Crippen molar-refractivity contribution in [2.45, 2.75) is 0 Å². The molecule has 0 amide bonds. The lowest BCUT2D eigenvalue weighted by Crippen LogP contribution is -2.43. The van der Waals surface area contributed by atoms with Crippen LogP contribution in [0.2, 0.25) is 0 Å². The first-order valence-electron chi connectivity index (χ1n) is 6.25. The minimum atomic E-state index is 0.714. The van der Waals surface area contributed by atoms with Crippen LogP contribution in [0.3, 0.4) is 0 Å². The van der Waals surface area contributed by atoms with E-state index in [4.69, 9.17) is 4.74 Å². The molecule has 0 spiro atoms. The van der Waals surface area contributed by atoms with Crippen LogP contribution in [-0.2, 0) is 0 Å². The van der Waals surface area contributed by atoms with Crippen LogP contribution in [0.5, 0.6) is 5.75 Å². The second-order valence-electron chi connectivity index (χ2n) is 4.91. The molecule has 0 unspecified atom stereocenters. The van der Waals surface area contributed by atoms with E-state index in [0.717, 1.165) is 16.8 Å². The molecule has 0 fully saturated rings. The van der Waals surface area contributed by atoms with Gasteiger partial charge in [-0.3, -0.25) is 4.48 Å². The Bertz CT molecular complexity index is 465. The highest BCUT2D eigenvalue weighted by molar-refractivity contribution is 5.41. The molecule has 0 bridgehead atoms. The van der Waals surface area contributed by atoms with E-state index >= 15 is 0 Å². The standard InChI is InChI=1S/C16H20NO/c1-17(2,15-9-5-3-6-10-15)13-14-18-16-11-7-4-8-12-16/h3-12H,13-14H2,1-2H3/q+1. The first kappa shape index (κ1) is 12.7. The lowest BCUT2D eigenvalue weighted by Gasteiger charge is -2.29. The Hall–Kier alpha value is -1.80. The summed E-state index contributed by atoms with van der Waals surface area (Å²) in [6, 6.07) is 20.5. The first-order valence-corrected chi connectivity index (χ1v) is 6.25. The van der Waals surface area contributed by atoms with Gasteiger partial charge in [-0.1, -0.05) is 36.4 Å². The molecule has 2 nitrogen and oxygen atoms in total. The van der Waals surface area contributed by atoms with Gasteiger partial charge in [0.2, 0.25) is 0 Å². The number of hydrogen-bond acceptors (Lipinski definition) is 1. The summed E-state index contributed by atoms with van der Waals surface area (Å²) in [5, 5.41) is 0. The summed E-state index contributed by atoms with van der Waals surface area (Å²) in [4.78, 5) is 0.